The molecule has 0 spiro atoms. The number of carbonyl (C=O) groups is 1. The lowest BCUT2D eigenvalue weighted by molar-refractivity contribution is 0.103. The molecule has 0 bridgehead atoms. The van der Waals surface area contributed by atoms with Gasteiger partial charge in [0.15, 0.2) is 5.78 Å². The van der Waals surface area contributed by atoms with E-state index in [2.05, 4.69) is 17.1 Å². The molecule has 0 aliphatic heterocycles. The molecule has 0 unspecified atom stereocenters. The number of nitriles is 2. The first kappa shape index (κ1) is 17.4. The summed E-state index contributed by atoms with van der Waals surface area (Å²) in [6.45, 7) is 7.18. The van der Waals surface area contributed by atoms with Crippen LogP contribution in [0.5, 0.6) is 0 Å². The second-order valence-electron chi connectivity index (χ2n) is 6.84. The summed E-state index contributed by atoms with van der Waals surface area (Å²) in [5.74, 6) is -0.173. The lowest BCUT2D eigenvalue weighted by Crippen LogP contribution is -2.20. The van der Waals surface area contributed by atoms with E-state index in [9.17, 15) is 15.3 Å². The highest BCUT2D eigenvalue weighted by Gasteiger charge is 2.27. The van der Waals surface area contributed by atoms with E-state index in [-0.39, 0.29) is 5.78 Å². The molecule has 1 aromatic carbocycles. The fourth-order valence-corrected chi connectivity index (χ4v) is 2.27. The molecule has 0 aliphatic rings. The van der Waals surface area contributed by atoms with Crippen LogP contribution in [0.2, 0.25) is 0 Å². The molecule has 120 valence electrons. The number of ketones is 1. The van der Waals surface area contributed by atoms with Gasteiger partial charge in [-0.1, -0.05) is 6.07 Å². The maximum atomic E-state index is 12.8. The van der Waals surface area contributed by atoms with Gasteiger partial charge in [0.2, 0.25) is 0 Å². The average molecular weight is 317 g/mol. The van der Waals surface area contributed by atoms with Crippen LogP contribution in [0.3, 0.4) is 0 Å². The Morgan fingerprint density at radius 3 is 1.92 bits per heavy atom. The molecule has 2 aromatic rings. The van der Waals surface area contributed by atoms with Crippen LogP contribution < -0.4 is 0 Å². The van der Waals surface area contributed by atoms with Crippen LogP contribution in [0.1, 0.15) is 54.7 Å². The van der Waals surface area contributed by atoms with Crippen molar-refractivity contribution in [2.75, 3.05) is 0 Å². The molecule has 4 nitrogen and oxygen atoms in total. The van der Waals surface area contributed by atoms with Gasteiger partial charge in [-0.15, -0.1) is 0 Å². The number of nitrogens with zero attached hydrogens (tertiary/aromatic N) is 3. The molecule has 0 radical (unpaired) electrons. The molecule has 0 N–H and O–H groups in total. The van der Waals surface area contributed by atoms with E-state index in [1.54, 1.807) is 58.2 Å². The van der Waals surface area contributed by atoms with Crippen molar-refractivity contribution < 1.29 is 4.79 Å². The molecule has 2 rings (SSSR count). The Bertz CT molecular complexity index is 808. The van der Waals surface area contributed by atoms with Gasteiger partial charge in [0.1, 0.15) is 0 Å². The summed E-state index contributed by atoms with van der Waals surface area (Å²) in [7, 11) is 0. The second-order valence-corrected chi connectivity index (χ2v) is 6.84. The molecule has 1 heterocycles. The van der Waals surface area contributed by atoms with Crippen molar-refractivity contribution in [3.8, 4) is 12.1 Å². The SMILES string of the molecule is CC(C)(C#N)c1cc(C(=O)c2cccnc2)cc(C(C)(C)C#N)c1. The third kappa shape index (κ3) is 3.34. The van der Waals surface area contributed by atoms with Crippen LogP contribution in [-0.4, -0.2) is 10.8 Å². The number of hydrogen-bond acceptors (Lipinski definition) is 4. The van der Waals surface area contributed by atoms with E-state index >= 15 is 0 Å². The first-order valence-corrected chi connectivity index (χ1v) is 7.64. The van der Waals surface area contributed by atoms with Gasteiger partial charge in [0, 0.05) is 23.5 Å². The Hall–Kier alpha value is -2.98. The van der Waals surface area contributed by atoms with E-state index < -0.39 is 10.8 Å². The standard InChI is InChI=1S/C20H19N3O/c1-19(2,12-21)16-8-15(9-17(10-16)20(3,4)13-22)18(24)14-6-5-7-23-11-14/h5-11H,1-4H3. The lowest BCUT2D eigenvalue weighted by Gasteiger charge is -2.22. The third-order valence-electron chi connectivity index (χ3n) is 4.12. The molecule has 0 atom stereocenters. The highest BCUT2D eigenvalue weighted by atomic mass is 16.1. The summed E-state index contributed by atoms with van der Waals surface area (Å²) in [6.07, 6.45) is 3.12. The summed E-state index contributed by atoms with van der Waals surface area (Å²) in [5.41, 5.74) is 0.861. The first-order chi connectivity index (χ1) is 11.2. The normalized spacial score (nSPS) is 11.4. The van der Waals surface area contributed by atoms with E-state index in [1.807, 2.05) is 6.07 Å². The number of pyridine rings is 1. The van der Waals surface area contributed by atoms with E-state index in [1.165, 1.54) is 6.20 Å². The predicted molar refractivity (Wildman–Crippen MR) is 91.4 cm³/mol. The van der Waals surface area contributed by atoms with Crippen molar-refractivity contribution in [2.45, 2.75) is 38.5 Å². The monoisotopic (exact) mass is 317 g/mol. The molecule has 0 saturated carbocycles. The maximum Gasteiger partial charge on any atom is 0.194 e. The fraction of sp³-hybridized carbons (Fsp3) is 0.300. The lowest BCUT2D eigenvalue weighted by atomic mass is 9.78. The number of aromatic nitrogens is 1. The second kappa shape index (κ2) is 6.26. The Morgan fingerprint density at radius 1 is 0.958 bits per heavy atom. The van der Waals surface area contributed by atoms with Gasteiger partial charge in [-0.3, -0.25) is 9.78 Å². The van der Waals surface area contributed by atoms with Gasteiger partial charge < -0.3 is 0 Å². The Kier molecular flexibility index (Phi) is 4.53. The van der Waals surface area contributed by atoms with Crippen LogP contribution in [0, 0.1) is 22.7 Å². The minimum atomic E-state index is -0.758. The summed E-state index contributed by atoms with van der Waals surface area (Å²) >= 11 is 0. The third-order valence-corrected chi connectivity index (χ3v) is 4.12. The molecule has 0 amide bonds. The zero-order valence-electron chi connectivity index (χ0n) is 14.3. The molecule has 1 aromatic heterocycles. The smallest absolute Gasteiger partial charge is 0.194 e. The first-order valence-electron chi connectivity index (χ1n) is 7.64. The van der Waals surface area contributed by atoms with Gasteiger partial charge >= 0.3 is 0 Å². The number of carbonyl (C=O) groups excluding carboxylic acids is 1. The van der Waals surface area contributed by atoms with Gasteiger partial charge in [-0.25, -0.2) is 0 Å². The highest BCUT2D eigenvalue weighted by Crippen LogP contribution is 2.31. The summed E-state index contributed by atoms with van der Waals surface area (Å²) in [4.78, 5) is 16.8. The maximum absolute atomic E-state index is 12.8. The molecule has 0 aliphatic carbocycles. The zero-order valence-corrected chi connectivity index (χ0v) is 14.3. The Balaban J connectivity index is 2.67. The van der Waals surface area contributed by atoms with Crippen molar-refractivity contribution >= 4 is 5.78 Å². The van der Waals surface area contributed by atoms with Crippen LogP contribution in [0.15, 0.2) is 42.7 Å². The minimum absolute atomic E-state index is 0.173. The van der Waals surface area contributed by atoms with Crippen LogP contribution in [-0.2, 0) is 10.8 Å². The van der Waals surface area contributed by atoms with Gasteiger partial charge in [0.25, 0.3) is 0 Å². The topological polar surface area (TPSA) is 77.5 Å². The van der Waals surface area contributed by atoms with Crippen LogP contribution in [0.25, 0.3) is 0 Å². The summed E-state index contributed by atoms with van der Waals surface area (Å²) < 4.78 is 0. The predicted octanol–water partition coefficient (Wildman–Crippen LogP) is 3.91. The largest absolute Gasteiger partial charge is 0.289 e. The average Bonchev–Trinajstić information content (AvgIpc) is 2.61. The minimum Gasteiger partial charge on any atom is -0.289 e. The van der Waals surface area contributed by atoms with Crippen LogP contribution in [0.4, 0.5) is 0 Å². The Labute approximate surface area is 142 Å². The number of hydrogen-bond donors (Lipinski definition) is 0. The summed E-state index contributed by atoms with van der Waals surface area (Å²) in [6, 6.07) is 13.2. The van der Waals surface area contributed by atoms with Crippen molar-refractivity contribution in [2.24, 2.45) is 0 Å². The molecular weight excluding hydrogens is 298 g/mol. The van der Waals surface area contributed by atoms with E-state index in [0.29, 0.717) is 11.1 Å². The molecule has 0 fully saturated rings. The van der Waals surface area contributed by atoms with Gasteiger partial charge in [-0.2, -0.15) is 10.5 Å². The summed E-state index contributed by atoms with van der Waals surface area (Å²) in [5, 5.41) is 18.9. The van der Waals surface area contributed by atoms with Gasteiger partial charge in [0.05, 0.1) is 23.0 Å². The molecule has 4 heteroatoms. The van der Waals surface area contributed by atoms with Crippen molar-refractivity contribution in [3.05, 3.63) is 65.0 Å². The van der Waals surface area contributed by atoms with Gasteiger partial charge in [-0.05, 0) is 63.1 Å². The zero-order chi connectivity index (χ0) is 18.0. The highest BCUT2D eigenvalue weighted by molar-refractivity contribution is 6.09. The van der Waals surface area contributed by atoms with Crippen molar-refractivity contribution in [1.82, 2.24) is 4.98 Å². The fourth-order valence-electron chi connectivity index (χ4n) is 2.27. The van der Waals surface area contributed by atoms with Crippen molar-refractivity contribution in [3.63, 3.8) is 0 Å². The quantitative estimate of drug-likeness (QED) is 0.801. The van der Waals surface area contributed by atoms with Crippen LogP contribution >= 0.6 is 0 Å². The number of rotatable bonds is 4. The Morgan fingerprint density at radius 2 is 1.50 bits per heavy atom. The molecule has 0 saturated heterocycles. The molecule has 24 heavy (non-hydrogen) atoms. The van der Waals surface area contributed by atoms with E-state index in [4.69, 9.17) is 0 Å². The molecular formula is C20H19N3O. The number of benzene rings is 1. The van der Waals surface area contributed by atoms with Crippen molar-refractivity contribution in [1.29, 1.82) is 10.5 Å². The van der Waals surface area contributed by atoms with E-state index in [0.717, 1.165) is 11.1 Å².